The summed E-state index contributed by atoms with van der Waals surface area (Å²) in [4.78, 5) is 1.80. The van der Waals surface area contributed by atoms with Crippen LogP contribution in [0.2, 0.25) is 0 Å². The number of nitrogens with zero attached hydrogens (tertiary/aromatic N) is 1. The number of benzene rings is 2. The first-order valence-corrected chi connectivity index (χ1v) is 15.5. The number of aliphatic hydroxyl groups excluding tert-OH is 6. The molecule has 3 aliphatic heterocycles. The van der Waals surface area contributed by atoms with E-state index in [2.05, 4.69) is 5.32 Å². The topological polar surface area (TPSA) is 174 Å². The minimum absolute atomic E-state index is 0.0534. The van der Waals surface area contributed by atoms with Crippen molar-refractivity contribution in [3.63, 3.8) is 0 Å². The molecule has 0 amide bonds. The molecule has 0 aliphatic carbocycles. The first-order chi connectivity index (χ1) is 21.3. The quantitative estimate of drug-likeness (QED) is 0.166. The Balaban J connectivity index is 1.24. The minimum Gasteiger partial charge on any atom is -0.389 e. The molecule has 5 rings (SSSR count). The van der Waals surface area contributed by atoms with Gasteiger partial charge in [0.1, 0.15) is 36.6 Å². The maximum absolute atomic E-state index is 11.2. The lowest BCUT2D eigenvalue weighted by Crippen LogP contribution is -2.56. The molecule has 3 heterocycles. The molecule has 3 saturated heterocycles. The van der Waals surface area contributed by atoms with Crippen molar-refractivity contribution in [3.05, 3.63) is 71.8 Å². The van der Waals surface area contributed by atoms with Gasteiger partial charge in [-0.2, -0.15) is 0 Å². The van der Waals surface area contributed by atoms with Crippen molar-refractivity contribution in [1.82, 2.24) is 10.2 Å². The first kappa shape index (κ1) is 33.3. The summed E-state index contributed by atoms with van der Waals surface area (Å²) in [6.45, 7) is 1.94. The molecular weight excluding hydrogens is 572 g/mol. The van der Waals surface area contributed by atoms with Crippen LogP contribution in [-0.4, -0.2) is 130 Å². The molecule has 2 aromatic rings. The maximum atomic E-state index is 11.2. The van der Waals surface area contributed by atoms with Crippen molar-refractivity contribution in [1.29, 1.82) is 0 Å². The van der Waals surface area contributed by atoms with Crippen LogP contribution in [0, 0.1) is 5.92 Å². The van der Waals surface area contributed by atoms with Crippen LogP contribution in [0.5, 0.6) is 0 Å². The highest BCUT2D eigenvalue weighted by Crippen LogP contribution is 2.30. The van der Waals surface area contributed by atoms with Crippen molar-refractivity contribution >= 4 is 0 Å². The van der Waals surface area contributed by atoms with Crippen molar-refractivity contribution in [2.45, 2.75) is 74.3 Å². The Morgan fingerprint density at radius 2 is 1.11 bits per heavy atom. The molecule has 3 aliphatic rings. The van der Waals surface area contributed by atoms with E-state index in [0.29, 0.717) is 6.54 Å². The molecule has 0 saturated carbocycles. The third-order valence-corrected chi connectivity index (χ3v) is 8.63. The van der Waals surface area contributed by atoms with Gasteiger partial charge in [0.25, 0.3) is 0 Å². The van der Waals surface area contributed by atoms with Crippen molar-refractivity contribution < 1.29 is 49.6 Å². The number of aliphatic hydroxyl groups is 6. The van der Waals surface area contributed by atoms with Gasteiger partial charge in [-0.15, -0.1) is 0 Å². The number of hydrogen-bond acceptors (Lipinski definition) is 12. The molecule has 0 spiro atoms. The van der Waals surface area contributed by atoms with Gasteiger partial charge in [0.05, 0.1) is 25.4 Å². The predicted molar refractivity (Wildman–Crippen MR) is 158 cm³/mol. The molecule has 2 aromatic carbocycles. The van der Waals surface area contributed by atoms with Gasteiger partial charge in [0, 0.05) is 30.8 Å². The molecule has 244 valence electrons. The number of hydrogen-bond donors (Lipinski definition) is 7. The van der Waals surface area contributed by atoms with E-state index in [-0.39, 0.29) is 32.2 Å². The summed E-state index contributed by atoms with van der Waals surface area (Å²) in [5.41, 5.74) is 1.45. The molecule has 7 N–H and O–H groups in total. The molecule has 12 heteroatoms. The van der Waals surface area contributed by atoms with Crippen LogP contribution in [0.1, 0.15) is 36.5 Å². The molecule has 0 aromatic heterocycles. The van der Waals surface area contributed by atoms with Gasteiger partial charge in [-0.25, -0.2) is 0 Å². The smallest absolute Gasteiger partial charge is 0.184 e. The summed E-state index contributed by atoms with van der Waals surface area (Å²) in [6, 6.07) is 18.3. The zero-order valence-electron chi connectivity index (χ0n) is 24.8. The Bertz CT molecular complexity index is 1030. The van der Waals surface area contributed by atoms with Gasteiger partial charge in [-0.1, -0.05) is 60.7 Å². The Morgan fingerprint density at radius 3 is 1.55 bits per heavy atom. The highest BCUT2D eigenvalue weighted by molar-refractivity contribution is 5.17. The normalized spacial score (nSPS) is 31.3. The van der Waals surface area contributed by atoms with E-state index >= 15 is 0 Å². The summed E-state index contributed by atoms with van der Waals surface area (Å²) in [6.07, 6.45) is -9.95. The Hall–Kier alpha value is -2.04. The molecule has 12 nitrogen and oxygen atoms in total. The molecule has 10 atom stereocenters. The number of nitrogens with one attached hydrogen (secondary N) is 1. The van der Waals surface area contributed by atoms with E-state index < -0.39 is 61.4 Å². The van der Waals surface area contributed by atoms with E-state index in [9.17, 15) is 30.6 Å². The summed E-state index contributed by atoms with van der Waals surface area (Å²) >= 11 is 0. The Kier molecular flexibility index (Phi) is 12.1. The zero-order valence-corrected chi connectivity index (χ0v) is 24.8. The average Bonchev–Trinajstić information content (AvgIpc) is 3.05. The fraction of sp³-hybridized carbons (Fsp3) is 0.625. The van der Waals surface area contributed by atoms with Gasteiger partial charge >= 0.3 is 0 Å². The molecule has 0 bridgehead atoms. The third-order valence-electron chi connectivity index (χ3n) is 8.63. The predicted octanol–water partition coefficient (Wildman–Crippen LogP) is -0.318. The molecular formula is C32H46N2O10. The van der Waals surface area contributed by atoms with E-state index in [1.165, 1.54) is 0 Å². The monoisotopic (exact) mass is 618 g/mol. The lowest BCUT2D eigenvalue weighted by molar-refractivity contribution is -0.285. The maximum Gasteiger partial charge on any atom is 0.184 e. The second-order valence-corrected chi connectivity index (χ2v) is 12.0. The second-order valence-electron chi connectivity index (χ2n) is 12.0. The summed E-state index contributed by atoms with van der Waals surface area (Å²) < 4.78 is 23.0. The number of piperidine rings is 1. The van der Waals surface area contributed by atoms with Gasteiger partial charge in [0.15, 0.2) is 12.6 Å². The fourth-order valence-corrected chi connectivity index (χ4v) is 6.13. The molecule has 0 radical (unpaired) electrons. The van der Waals surface area contributed by atoms with E-state index in [4.69, 9.17) is 18.9 Å². The van der Waals surface area contributed by atoms with Gasteiger partial charge in [0.2, 0.25) is 0 Å². The zero-order chi connectivity index (χ0) is 31.1. The van der Waals surface area contributed by atoms with Crippen LogP contribution in [0.25, 0.3) is 0 Å². The highest BCUT2D eigenvalue weighted by Gasteiger charge is 2.42. The van der Waals surface area contributed by atoms with Crippen molar-refractivity contribution in [3.8, 4) is 0 Å². The Morgan fingerprint density at radius 1 is 0.682 bits per heavy atom. The van der Waals surface area contributed by atoms with Crippen LogP contribution in [0.4, 0.5) is 0 Å². The Labute approximate surface area is 257 Å². The summed E-state index contributed by atoms with van der Waals surface area (Å²) in [7, 11) is 0. The standard InChI is InChI=1S/C32H46N2O10/c35-23(27(39)29-25(37)18-41-31(43-29)21-7-3-1-4-8-21)16-34(15-20-11-13-33-14-12-20)17-24(36)28(40)30-26(38)19-42-32(44-30)22-9-5-2-6-10-22/h1-10,20,23-33,35-40H,11-19H2/t23?,24?,25-,26-,27?,28?,29-,30-,31?,32?/m1/s1. The lowest BCUT2D eigenvalue weighted by Gasteiger charge is -2.41. The average molecular weight is 619 g/mol. The van der Waals surface area contributed by atoms with Crippen LogP contribution >= 0.6 is 0 Å². The largest absolute Gasteiger partial charge is 0.389 e. The van der Waals surface area contributed by atoms with Crippen LogP contribution < -0.4 is 5.32 Å². The van der Waals surface area contributed by atoms with Crippen LogP contribution in [0.3, 0.4) is 0 Å². The number of rotatable bonds is 12. The van der Waals surface area contributed by atoms with Crippen molar-refractivity contribution in [2.24, 2.45) is 5.92 Å². The minimum atomic E-state index is -1.45. The second kappa shape index (κ2) is 16.0. The van der Waals surface area contributed by atoms with Crippen LogP contribution in [-0.2, 0) is 18.9 Å². The summed E-state index contributed by atoms with van der Waals surface area (Å²) in [5.74, 6) is 0.268. The van der Waals surface area contributed by atoms with Gasteiger partial charge in [-0.05, 0) is 31.8 Å². The van der Waals surface area contributed by atoms with Gasteiger partial charge < -0.3 is 54.9 Å². The van der Waals surface area contributed by atoms with Crippen molar-refractivity contribution in [2.75, 3.05) is 45.9 Å². The first-order valence-electron chi connectivity index (χ1n) is 15.5. The highest BCUT2D eigenvalue weighted by atomic mass is 16.7. The SMILES string of the molecule is OC(CN(CC1CCNCC1)CC(O)C(O)[C@@H]1OC(c2ccccc2)OC[C@H]1O)C(O)[C@@H]1OC(c2ccccc2)OC[C@H]1O. The fourth-order valence-electron chi connectivity index (χ4n) is 6.13. The molecule has 3 fully saturated rings. The van der Waals surface area contributed by atoms with Gasteiger partial charge in [-0.3, -0.25) is 4.90 Å². The van der Waals surface area contributed by atoms with E-state index in [0.717, 1.165) is 37.1 Å². The molecule has 6 unspecified atom stereocenters. The third kappa shape index (κ3) is 8.60. The molecule has 44 heavy (non-hydrogen) atoms. The van der Waals surface area contributed by atoms with Crippen LogP contribution in [0.15, 0.2) is 60.7 Å². The number of ether oxygens (including phenoxy) is 4. The lowest BCUT2D eigenvalue weighted by atomic mass is 9.95. The van der Waals surface area contributed by atoms with E-state index in [1.54, 1.807) is 4.90 Å². The summed E-state index contributed by atoms with van der Waals surface area (Å²) in [5, 5.41) is 69.1. The van der Waals surface area contributed by atoms with E-state index in [1.807, 2.05) is 60.7 Å².